The molecule has 19 heteroatoms. The summed E-state index contributed by atoms with van der Waals surface area (Å²) < 4.78 is 0. The molecule has 0 unspecified atom stereocenters. The first kappa shape index (κ1) is 63.7. The van der Waals surface area contributed by atoms with E-state index in [2.05, 4.69) is 16.0 Å². The second-order valence-corrected chi connectivity index (χ2v) is 4.08. The van der Waals surface area contributed by atoms with E-state index in [0.717, 1.165) is 0 Å². The van der Waals surface area contributed by atoms with E-state index in [-0.39, 0.29) is 137 Å². The van der Waals surface area contributed by atoms with Crippen molar-refractivity contribution in [3.63, 3.8) is 0 Å². The molecule has 0 aliphatic rings. The van der Waals surface area contributed by atoms with E-state index in [1.54, 1.807) is 0 Å². The van der Waals surface area contributed by atoms with Gasteiger partial charge in [-0.1, -0.05) is 0 Å². The van der Waals surface area contributed by atoms with Gasteiger partial charge in [-0.05, 0) is 0 Å². The van der Waals surface area contributed by atoms with E-state index in [9.17, 15) is 14.4 Å². The molecule has 1 radical (unpaired) electrons. The van der Waals surface area contributed by atoms with Crippen molar-refractivity contribution in [3.8, 4) is 0 Å². The number of rotatable bonds is 12. The largest absolute Gasteiger partial charge is 3.00 e. The van der Waals surface area contributed by atoms with Crippen molar-refractivity contribution in [2.45, 2.75) is 0 Å². The average Bonchev–Trinajstić information content (AvgIpc) is 2.48. The number of hydrogen-bond acceptors (Lipinski definition) is 13. The standard InChI is InChI=1S/3C4H10N2O2.3Mo.4H2S/c3*5-1-2-6-3-4(7)8;;;;;;;/h3*6H,1-3,5H2,(H,7,8);;;;4*1H2/q;;;;+2;+3;;;;/p-4. The quantitative estimate of drug-likeness (QED) is 0.0391. The van der Waals surface area contributed by atoms with Gasteiger partial charge in [-0.2, -0.15) is 0 Å². The number of carboxylic acid groups (broad SMARTS) is 3. The van der Waals surface area contributed by atoms with Gasteiger partial charge >= 0.3 is 60.0 Å². The van der Waals surface area contributed by atoms with Crippen molar-refractivity contribution >= 4 is 71.9 Å². The fraction of sp³-hybridized carbons (Fsp3) is 0.750. The van der Waals surface area contributed by atoms with Gasteiger partial charge in [0.05, 0.1) is 19.6 Å². The van der Waals surface area contributed by atoms with Crippen molar-refractivity contribution in [2.24, 2.45) is 17.2 Å². The van der Waals surface area contributed by atoms with Crippen LogP contribution in [-0.2, 0) is 132 Å². The number of nitrogens with one attached hydrogen (secondary N) is 3. The second kappa shape index (κ2) is 57.9. The fourth-order valence-corrected chi connectivity index (χ4v) is 0.892. The Balaban J connectivity index is -0.0000000240. The van der Waals surface area contributed by atoms with Crippen LogP contribution in [0.1, 0.15) is 0 Å². The molecule has 0 bridgehead atoms. The summed E-state index contributed by atoms with van der Waals surface area (Å²) in [4.78, 5) is 29.3. The maximum atomic E-state index is 9.77. The van der Waals surface area contributed by atoms with E-state index >= 15 is 0 Å². The monoisotopic (exact) mass is 780 g/mol. The van der Waals surface area contributed by atoms with Crippen molar-refractivity contribution in [3.05, 3.63) is 0 Å². The molecule has 0 rings (SSSR count). The van der Waals surface area contributed by atoms with Crippen LogP contribution in [0.3, 0.4) is 0 Å². The molecule has 0 fully saturated rings. The number of carboxylic acids is 3. The van der Waals surface area contributed by atoms with Crippen LogP contribution in [0.25, 0.3) is 0 Å². The van der Waals surface area contributed by atoms with Crippen LogP contribution in [0.5, 0.6) is 0 Å². The molecule has 0 aliphatic carbocycles. The number of hydrogen-bond donors (Lipinski definition) is 9. The third kappa shape index (κ3) is 100. The molecule has 0 aromatic carbocycles. The third-order valence-corrected chi connectivity index (χ3v) is 1.79. The minimum atomic E-state index is -0.849. The Morgan fingerprint density at radius 1 is 0.581 bits per heavy atom. The van der Waals surface area contributed by atoms with E-state index < -0.39 is 17.9 Å². The Labute approximate surface area is 254 Å². The minimum Gasteiger partial charge on any atom is -0.813 e. The van der Waals surface area contributed by atoms with Crippen molar-refractivity contribution < 1.29 is 92.9 Å². The van der Waals surface area contributed by atoms with E-state index in [1.165, 1.54) is 0 Å². The Morgan fingerprint density at radius 3 is 0.839 bits per heavy atom. The maximum Gasteiger partial charge on any atom is 3.00 e. The number of aliphatic carboxylic acids is 3. The SMILES string of the molecule is NCCNCC(=O)O.NCCNCC(=O)O.NCCNCC(=O)O.[Mo+2].[Mo+3].[Mo].[SH-].[SH-].[SH-].[SH-]. The molecule has 0 aromatic rings. The third-order valence-electron chi connectivity index (χ3n) is 1.79. The molecule has 0 saturated carbocycles. The van der Waals surface area contributed by atoms with Crippen LogP contribution >= 0.6 is 0 Å². The van der Waals surface area contributed by atoms with Crippen LogP contribution < -0.4 is 33.2 Å². The zero-order chi connectivity index (χ0) is 19.2. The van der Waals surface area contributed by atoms with Crippen molar-refractivity contribution in [1.29, 1.82) is 0 Å². The summed E-state index contributed by atoms with van der Waals surface area (Å²) in [6, 6.07) is 0. The molecule has 0 heterocycles. The Morgan fingerprint density at radius 2 is 0.742 bits per heavy atom. The smallest absolute Gasteiger partial charge is 0.813 e. The van der Waals surface area contributed by atoms with Crippen molar-refractivity contribution in [2.75, 3.05) is 58.9 Å². The van der Waals surface area contributed by atoms with Gasteiger partial charge in [-0.25, -0.2) is 0 Å². The molecule has 0 amide bonds. The molecule has 189 valence electrons. The first-order chi connectivity index (χ1) is 11.3. The molecule has 0 spiro atoms. The summed E-state index contributed by atoms with van der Waals surface area (Å²) in [6.07, 6.45) is 0. The summed E-state index contributed by atoms with van der Waals surface area (Å²) >= 11 is 0. The molecule has 0 aliphatic heterocycles. The normalized spacial score (nSPS) is 7.06. The van der Waals surface area contributed by atoms with Gasteiger partial charge in [0, 0.05) is 60.3 Å². The molecule has 12 N–H and O–H groups in total. The van der Waals surface area contributed by atoms with Gasteiger partial charge in [0.2, 0.25) is 0 Å². The van der Waals surface area contributed by atoms with Gasteiger partial charge in [-0.3, -0.25) is 14.4 Å². The number of thiol groups is 4. The summed E-state index contributed by atoms with van der Waals surface area (Å²) in [7, 11) is 0. The molecular weight excluding hydrogens is 740 g/mol. The van der Waals surface area contributed by atoms with Crippen LogP contribution in [-0.4, -0.2) is 92.1 Å². The fourth-order valence-electron chi connectivity index (χ4n) is 0.892. The molecule has 0 atom stereocenters. The summed E-state index contributed by atoms with van der Waals surface area (Å²) in [5, 5.41) is 31.9. The van der Waals surface area contributed by atoms with Gasteiger partial charge in [0.25, 0.3) is 0 Å². The first-order valence-electron chi connectivity index (χ1n) is 7.19. The minimum absolute atomic E-state index is 0. The van der Waals surface area contributed by atoms with E-state index in [0.29, 0.717) is 39.3 Å². The zero-order valence-electron chi connectivity index (χ0n) is 16.7. The topological polar surface area (TPSA) is 226 Å². The van der Waals surface area contributed by atoms with Crippen LogP contribution in [0, 0.1) is 0 Å². The first-order valence-corrected chi connectivity index (χ1v) is 7.19. The van der Waals surface area contributed by atoms with Crippen LogP contribution in [0.15, 0.2) is 0 Å². The molecular formula is C12H34Mo3N6O6S4+. The summed E-state index contributed by atoms with van der Waals surface area (Å²) in [6.45, 7) is 3.12. The van der Waals surface area contributed by atoms with Gasteiger partial charge in [-0.15, -0.1) is 0 Å². The Bertz CT molecular complexity index is 302. The Hall–Kier alpha value is 1.63. The van der Waals surface area contributed by atoms with E-state index in [4.69, 9.17) is 32.5 Å². The van der Waals surface area contributed by atoms with E-state index in [1.807, 2.05) is 0 Å². The van der Waals surface area contributed by atoms with Crippen LogP contribution in [0.4, 0.5) is 0 Å². The number of carbonyl (C=O) groups is 3. The maximum absolute atomic E-state index is 9.77. The Kier molecular flexibility index (Phi) is 119. The van der Waals surface area contributed by atoms with Crippen molar-refractivity contribution in [1.82, 2.24) is 16.0 Å². The van der Waals surface area contributed by atoms with Gasteiger partial charge in [0.1, 0.15) is 0 Å². The zero-order valence-corrected chi connectivity index (χ0v) is 26.3. The van der Waals surface area contributed by atoms with Gasteiger partial charge in [0.15, 0.2) is 0 Å². The molecule has 31 heavy (non-hydrogen) atoms. The predicted octanol–water partition coefficient (Wildman–Crippen LogP) is -5.23. The van der Waals surface area contributed by atoms with Crippen LogP contribution in [0.2, 0.25) is 0 Å². The molecule has 12 nitrogen and oxygen atoms in total. The number of nitrogens with two attached hydrogens (primary N) is 3. The average molecular weight is 775 g/mol. The summed E-state index contributed by atoms with van der Waals surface area (Å²) in [5.74, 6) is -2.55. The van der Waals surface area contributed by atoms with Gasteiger partial charge < -0.3 is 102 Å². The predicted molar refractivity (Wildman–Crippen MR) is 124 cm³/mol. The second-order valence-electron chi connectivity index (χ2n) is 4.08. The molecule has 0 aromatic heterocycles. The molecule has 0 saturated heterocycles. The summed E-state index contributed by atoms with van der Waals surface area (Å²) in [5.41, 5.74) is 15.2.